The van der Waals surface area contributed by atoms with E-state index in [2.05, 4.69) is 10.3 Å². The van der Waals surface area contributed by atoms with Crippen molar-refractivity contribution in [1.29, 1.82) is 0 Å². The van der Waals surface area contributed by atoms with Crippen LogP contribution in [-0.2, 0) is 13.1 Å². The van der Waals surface area contributed by atoms with Gasteiger partial charge in [0.15, 0.2) is 0 Å². The normalized spacial score (nSPS) is 13.3. The first-order chi connectivity index (χ1) is 10.7. The lowest BCUT2D eigenvalue weighted by Crippen LogP contribution is -2.05. The summed E-state index contributed by atoms with van der Waals surface area (Å²) >= 11 is 0. The summed E-state index contributed by atoms with van der Waals surface area (Å²) in [7, 11) is 0. The van der Waals surface area contributed by atoms with Crippen LogP contribution in [-0.4, -0.2) is 20.8 Å². The average Bonchev–Trinajstić information content (AvgIpc) is 3.13. The number of hydrogen-bond acceptors (Lipinski definition) is 4. The van der Waals surface area contributed by atoms with Crippen LogP contribution < -0.4 is 10.1 Å². The van der Waals surface area contributed by atoms with Crippen LogP contribution in [0.15, 0.2) is 42.7 Å². The van der Waals surface area contributed by atoms with E-state index >= 15 is 0 Å². The standard InChI is InChI=1S/C16H13N3O3/c20-16(21)19-6-4-10-7-11(1-2-14(10)19)22-15-3-5-18-13-9-17-8-12(13)15/h1-7,17H,8-9H2,(H,20,21). The fourth-order valence-corrected chi connectivity index (χ4v) is 2.74. The largest absolute Gasteiger partial charge is 0.464 e. The molecule has 6 nitrogen and oxygen atoms in total. The molecule has 0 saturated carbocycles. The van der Waals surface area contributed by atoms with E-state index in [1.54, 1.807) is 24.4 Å². The molecule has 0 spiro atoms. The summed E-state index contributed by atoms with van der Waals surface area (Å²) in [6.07, 6.45) is 2.27. The zero-order valence-corrected chi connectivity index (χ0v) is 11.6. The van der Waals surface area contributed by atoms with Gasteiger partial charge in [0, 0.05) is 36.4 Å². The van der Waals surface area contributed by atoms with E-state index in [4.69, 9.17) is 9.84 Å². The van der Waals surface area contributed by atoms with Crippen molar-refractivity contribution >= 4 is 17.0 Å². The van der Waals surface area contributed by atoms with E-state index in [1.165, 1.54) is 10.8 Å². The lowest BCUT2D eigenvalue weighted by molar-refractivity contribution is 0.197. The molecule has 2 aromatic heterocycles. The average molecular weight is 295 g/mol. The van der Waals surface area contributed by atoms with Crippen molar-refractivity contribution in [3.8, 4) is 11.5 Å². The number of aromatic nitrogens is 2. The third kappa shape index (κ3) is 2.01. The molecular formula is C16H13N3O3. The Hall–Kier alpha value is -2.86. The predicted molar refractivity (Wildman–Crippen MR) is 80.2 cm³/mol. The van der Waals surface area contributed by atoms with Crippen molar-refractivity contribution < 1.29 is 14.6 Å². The second-order valence-corrected chi connectivity index (χ2v) is 5.13. The molecule has 0 saturated heterocycles. The van der Waals surface area contributed by atoms with Gasteiger partial charge in [0.2, 0.25) is 0 Å². The second-order valence-electron chi connectivity index (χ2n) is 5.13. The van der Waals surface area contributed by atoms with Crippen LogP contribution in [0.1, 0.15) is 11.3 Å². The zero-order valence-electron chi connectivity index (χ0n) is 11.6. The van der Waals surface area contributed by atoms with Gasteiger partial charge < -0.3 is 15.2 Å². The molecule has 1 aromatic carbocycles. The van der Waals surface area contributed by atoms with E-state index in [0.29, 0.717) is 11.3 Å². The summed E-state index contributed by atoms with van der Waals surface area (Å²) in [5.41, 5.74) is 2.72. The molecule has 22 heavy (non-hydrogen) atoms. The van der Waals surface area contributed by atoms with Crippen LogP contribution in [0.4, 0.5) is 4.79 Å². The third-order valence-electron chi connectivity index (χ3n) is 3.79. The van der Waals surface area contributed by atoms with E-state index in [0.717, 1.165) is 35.5 Å². The Morgan fingerprint density at radius 1 is 1.27 bits per heavy atom. The monoisotopic (exact) mass is 295 g/mol. The minimum Gasteiger partial charge on any atom is -0.464 e. The van der Waals surface area contributed by atoms with Crippen molar-refractivity contribution in [1.82, 2.24) is 14.9 Å². The summed E-state index contributed by atoms with van der Waals surface area (Å²) in [6, 6.07) is 8.96. The van der Waals surface area contributed by atoms with Gasteiger partial charge in [0.25, 0.3) is 0 Å². The molecule has 1 aliphatic rings. The first-order valence-electron chi connectivity index (χ1n) is 6.92. The highest BCUT2D eigenvalue weighted by Gasteiger charge is 2.17. The van der Waals surface area contributed by atoms with Crippen molar-refractivity contribution in [2.45, 2.75) is 13.1 Å². The number of fused-ring (bicyclic) bond motifs is 2. The van der Waals surface area contributed by atoms with Gasteiger partial charge in [-0.15, -0.1) is 0 Å². The maximum atomic E-state index is 11.1. The number of rotatable bonds is 2. The van der Waals surface area contributed by atoms with Crippen LogP contribution in [0, 0.1) is 0 Å². The van der Waals surface area contributed by atoms with E-state index in [-0.39, 0.29) is 0 Å². The predicted octanol–water partition coefficient (Wildman–Crippen LogP) is 2.96. The minimum absolute atomic E-state index is 0.640. The highest BCUT2D eigenvalue weighted by molar-refractivity contribution is 5.89. The summed E-state index contributed by atoms with van der Waals surface area (Å²) < 4.78 is 7.15. The Labute approximate surface area is 126 Å². The van der Waals surface area contributed by atoms with Crippen molar-refractivity contribution in [3.05, 3.63) is 54.0 Å². The Balaban J connectivity index is 1.71. The van der Waals surface area contributed by atoms with Crippen LogP contribution in [0.3, 0.4) is 0 Å². The summed E-state index contributed by atoms with van der Waals surface area (Å²) in [5, 5.41) is 13.2. The van der Waals surface area contributed by atoms with Gasteiger partial charge in [-0.1, -0.05) is 0 Å². The molecule has 110 valence electrons. The molecule has 3 heterocycles. The van der Waals surface area contributed by atoms with Crippen molar-refractivity contribution in [3.63, 3.8) is 0 Å². The summed E-state index contributed by atoms with van der Waals surface area (Å²) in [5.74, 6) is 1.46. The number of hydrogen-bond donors (Lipinski definition) is 2. The van der Waals surface area contributed by atoms with E-state index in [1.807, 2.05) is 12.1 Å². The Morgan fingerprint density at radius 2 is 2.18 bits per heavy atom. The number of carboxylic acid groups (broad SMARTS) is 1. The molecule has 3 aromatic rings. The first-order valence-corrected chi connectivity index (χ1v) is 6.92. The number of ether oxygens (including phenoxy) is 1. The fourth-order valence-electron chi connectivity index (χ4n) is 2.74. The molecular weight excluding hydrogens is 282 g/mol. The van der Waals surface area contributed by atoms with Crippen molar-refractivity contribution in [2.75, 3.05) is 0 Å². The van der Waals surface area contributed by atoms with Gasteiger partial charge >= 0.3 is 6.09 Å². The van der Waals surface area contributed by atoms with Gasteiger partial charge in [0.1, 0.15) is 11.5 Å². The number of benzene rings is 1. The Morgan fingerprint density at radius 3 is 3.05 bits per heavy atom. The van der Waals surface area contributed by atoms with E-state index < -0.39 is 6.09 Å². The van der Waals surface area contributed by atoms with Gasteiger partial charge in [-0.05, 0) is 30.3 Å². The molecule has 0 amide bonds. The second kappa shape index (κ2) is 4.85. The number of carbonyl (C=O) groups is 1. The quantitative estimate of drug-likeness (QED) is 0.760. The van der Waals surface area contributed by atoms with Crippen LogP contribution in [0.2, 0.25) is 0 Å². The topological polar surface area (TPSA) is 76.4 Å². The highest BCUT2D eigenvalue weighted by atomic mass is 16.5. The highest BCUT2D eigenvalue weighted by Crippen LogP contribution is 2.31. The molecule has 6 heteroatoms. The minimum atomic E-state index is -0.998. The van der Waals surface area contributed by atoms with Crippen LogP contribution >= 0.6 is 0 Å². The summed E-state index contributed by atoms with van der Waals surface area (Å²) in [6.45, 7) is 1.50. The molecule has 0 unspecified atom stereocenters. The molecule has 1 aliphatic heterocycles. The molecule has 4 rings (SSSR count). The van der Waals surface area contributed by atoms with E-state index in [9.17, 15) is 4.79 Å². The molecule has 2 N–H and O–H groups in total. The molecule has 0 fully saturated rings. The number of pyridine rings is 1. The SMILES string of the molecule is O=C(O)n1ccc2cc(Oc3ccnc4c3CNC4)ccc21. The Bertz CT molecular complexity index is 885. The lowest BCUT2D eigenvalue weighted by Gasteiger charge is -2.09. The summed E-state index contributed by atoms with van der Waals surface area (Å²) in [4.78, 5) is 15.4. The zero-order chi connectivity index (χ0) is 15.1. The maximum absolute atomic E-state index is 11.1. The maximum Gasteiger partial charge on any atom is 0.415 e. The molecule has 0 radical (unpaired) electrons. The first kappa shape index (κ1) is 12.8. The number of nitrogens with one attached hydrogen (secondary N) is 1. The molecule has 0 bridgehead atoms. The van der Waals surface area contributed by atoms with Gasteiger partial charge in [-0.25, -0.2) is 4.79 Å². The van der Waals surface area contributed by atoms with Gasteiger partial charge in [-0.3, -0.25) is 9.55 Å². The Kier molecular flexibility index (Phi) is 2.83. The van der Waals surface area contributed by atoms with Gasteiger partial charge in [0.05, 0.1) is 11.2 Å². The van der Waals surface area contributed by atoms with Gasteiger partial charge in [-0.2, -0.15) is 0 Å². The number of nitrogens with zero attached hydrogens (tertiary/aromatic N) is 2. The third-order valence-corrected chi connectivity index (χ3v) is 3.79. The smallest absolute Gasteiger partial charge is 0.415 e. The van der Waals surface area contributed by atoms with Crippen molar-refractivity contribution in [2.24, 2.45) is 0 Å². The van der Waals surface area contributed by atoms with Crippen LogP contribution in [0.25, 0.3) is 10.9 Å². The lowest BCUT2D eigenvalue weighted by atomic mass is 10.2. The van der Waals surface area contributed by atoms with Crippen LogP contribution in [0.5, 0.6) is 11.5 Å². The fraction of sp³-hybridized carbons (Fsp3) is 0.125. The molecule has 0 atom stereocenters. The molecule has 0 aliphatic carbocycles.